The summed E-state index contributed by atoms with van der Waals surface area (Å²) in [6, 6.07) is 1.20. The molecule has 5 nitrogen and oxygen atoms in total. The van der Waals surface area contributed by atoms with E-state index in [0.29, 0.717) is 6.04 Å². The van der Waals surface area contributed by atoms with Crippen LogP contribution < -0.4 is 10.6 Å². The fourth-order valence-electron chi connectivity index (χ4n) is 3.90. The van der Waals surface area contributed by atoms with Crippen molar-refractivity contribution in [2.45, 2.75) is 70.0 Å². The van der Waals surface area contributed by atoms with Gasteiger partial charge in [-0.15, -0.1) is 0 Å². The summed E-state index contributed by atoms with van der Waals surface area (Å²) in [6.07, 6.45) is 7.90. The molecule has 0 spiro atoms. The second kappa shape index (κ2) is 6.13. The van der Waals surface area contributed by atoms with Crippen molar-refractivity contribution >= 4 is 6.03 Å². The molecule has 2 atom stereocenters. The van der Waals surface area contributed by atoms with Crippen LogP contribution in [0.25, 0.3) is 0 Å². The van der Waals surface area contributed by atoms with Gasteiger partial charge in [-0.25, -0.2) is 4.79 Å². The van der Waals surface area contributed by atoms with Crippen LogP contribution in [-0.2, 0) is 0 Å². The van der Waals surface area contributed by atoms with E-state index in [0.717, 1.165) is 51.2 Å². The molecule has 1 saturated heterocycles. The van der Waals surface area contributed by atoms with Crippen molar-refractivity contribution in [2.75, 3.05) is 19.7 Å². The van der Waals surface area contributed by atoms with E-state index in [-0.39, 0.29) is 24.1 Å². The molecule has 21 heavy (non-hydrogen) atoms. The van der Waals surface area contributed by atoms with E-state index in [4.69, 9.17) is 0 Å². The zero-order valence-electron chi connectivity index (χ0n) is 13.1. The third-order valence-corrected chi connectivity index (χ3v) is 5.68. The Balaban J connectivity index is 1.42. The third-order valence-electron chi connectivity index (χ3n) is 5.68. The summed E-state index contributed by atoms with van der Waals surface area (Å²) in [7, 11) is 0. The predicted molar refractivity (Wildman–Crippen MR) is 82.1 cm³/mol. The number of carbonyl (C=O) groups is 1. The summed E-state index contributed by atoms with van der Waals surface area (Å²) >= 11 is 0. The van der Waals surface area contributed by atoms with E-state index in [1.54, 1.807) is 0 Å². The van der Waals surface area contributed by atoms with E-state index in [1.807, 2.05) is 0 Å². The van der Waals surface area contributed by atoms with Crippen LogP contribution in [0, 0.1) is 5.41 Å². The fraction of sp³-hybridized carbons (Fsp3) is 0.938. The molecule has 2 unspecified atom stereocenters. The predicted octanol–water partition coefficient (Wildman–Crippen LogP) is 1.46. The highest BCUT2D eigenvalue weighted by molar-refractivity contribution is 5.74. The number of hydrogen-bond acceptors (Lipinski definition) is 3. The van der Waals surface area contributed by atoms with Crippen LogP contribution in [0.3, 0.4) is 0 Å². The van der Waals surface area contributed by atoms with Gasteiger partial charge in [0.25, 0.3) is 0 Å². The van der Waals surface area contributed by atoms with Crippen molar-refractivity contribution in [3.63, 3.8) is 0 Å². The molecule has 2 saturated carbocycles. The zero-order chi connectivity index (χ0) is 14.9. The zero-order valence-corrected chi connectivity index (χ0v) is 13.1. The summed E-state index contributed by atoms with van der Waals surface area (Å²) in [6.45, 7) is 4.46. The number of likely N-dealkylation sites (tertiary alicyclic amines) is 1. The highest BCUT2D eigenvalue weighted by atomic mass is 16.3. The Kier molecular flexibility index (Phi) is 4.41. The standard InChI is InChI=1S/C16H29N3O2/c1-16(11-20)8-2-3-14(16)18-15(21)17-12-6-9-19(10-7-12)13-4-5-13/h12-14,20H,2-11H2,1H3,(H2,17,18,21). The van der Waals surface area contributed by atoms with Crippen molar-refractivity contribution in [3.8, 4) is 0 Å². The first-order valence-corrected chi connectivity index (χ1v) is 8.53. The molecule has 120 valence electrons. The van der Waals surface area contributed by atoms with Crippen LogP contribution in [-0.4, -0.2) is 53.9 Å². The number of urea groups is 1. The van der Waals surface area contributed by atoms with Gasteiger partial charge in [-0.05, 0) is 38.5 Å². The van der Waals surface area contributed by atoms with Gasteiger partial charge in [-0.2, -0.15) is 0 Å². The smallest absolute Gasteiger partial charge is 0.315 e. The monoisotopic (exact) mass is 295 g/mol. The number of piperidine rings is 1. The Morgan fingerprint density at radius 1 is 1.19 bits per heavy atom. The first-order valence-electron chi connectivity index (χ1n) is 8.53. The third kappa shape index (κ3) is 3.51. The van der Waals surface area contributed by atoms with Gasteiger partial charge in [-0.3, -0.25) is 0 Å². The average molecular weight is 295 g/mol. The highest BCUT2D eigenvalue weighted by Gasteiger charge is 2.39. The SMILES string of the molecule is CC1(CO)CCCC1NC(=O)NC1CCN(C2CC2)CC1. The molecule has 0 bridgehead atoms. The summed E-state index contributed by atoms with van der Waals surface area (Å²) in [5, 5.41) is 15.8. The topological polar surface area (TPSA) is 64.6 Å². The number of nitrogens with zero attached hydrogens (tertiary/aromatic N) is 1. The van der Waals surface area contributed by atoms with Gasteiger partial charge in [-0.1, -0.05) is 13.3 Å². The first-order chi connectivity index (χ1) is 10.1. The summed E-state index contributed by atoms with van der Waals surface area (Å²) in [5.74, 6) is 0. The number of amides is 2. The molecule has 2 amide bonds. The van der Waals surface area contributed by atoms with E-state index in [1.165, 1.54) is 12.8 Å². The van der Waals surface area contributed by atoms with Crippen LogP contribution in [0.15, 0.2) is 0 Å². The maximum Gasteiger partial charge on any atom is 0.315 e. The minimum absolute atomic E-state index is 0.0496. The number of hydrogen-bond donors (Lipinski definition) is 3. The molecule has 3 N–H and O–H groups in total. The molecule has 3 fully saturated rings. The van der Waals surface area contributed by atoms with E-state index in [9.17, 15) is 9.90 Å². The Labute approximate surface area is 127 Å². The molecule has 0 aromatic heterocycles. The molecule has 3 rings (SSSR count). The lowest BCUT2D eigenvalue weighted by Gasteiger charge is -2.34. The Hall–Kier alpha value is -0.810. The van der Waals surface area contributed by atoms with Crippen LogP contribution in [0.2, 0.25) is 0 Å². The Morgan fingerprint density at radius 3 is 2.52 bits per heavy atom. The fourth-order valence-corrected chi connectivity index (χ4v) is 3.90. The van der Waals surface area contributed by atoms with Crippen LogP contribution in [0.5, 0.6) is 0 Å². The number of aliphatic hydroxyl groups excluding tert-OH is 1. The molecule has 1 heterocycles. The molecule has 5 heteroatoms. The average Bonchev–Trinajstić information content (AvgIpc) is 3.26. The quantitative estimate of drug-likeness (QED) is 0.736. The number of carbonyl (C=O) groups excluding carboxylic acids is 1. The van der Waals surface area contributed by atoms with E-state index >= 15 is 0 Å². The van der Waals surface area contributed by atoms with Gasteiger partial charge in [0, 0.05) is 36.6 Å². The lowest BCUT2D eigenvalue weighted by atomic mass is 9.86. The van der Waals surface area contributed by atoms with Gasteiger partial charge in [0.05, 0.1) is 6.61 Å². The van der Waals surface area contributed by atoms with Gasteiger partial charge in [0.2, 0.25) is 0 Å². The van der Waals surface area contributed by atoms with Crippen molar-refractivity contribution in [1.82, 2.24) is 15.5 Å². The van der Waals surface area contributed by atoms with Crippen molar-refractivity contribution in [2.24, 2.45) is 5.41 Å². The van der Waals surface area contributed by atoms with Gasteiger partial charge in [0.1, 0.15) is 0 Å². The lowest BCUT2D eigenvalue weighted by molar-refractivity contribution is 0.120. The first kappa shape index (κ1) is 15.1. The minimum Gasteiger partial charge on any atom is -0.396 e. The second-order valence-corrected chi connectivity index (χ2v) is 7.42. The minimum atomic E-state index is -0.146. The summed E-state index contributed by atoms with van der Waals surface area (Å²) in [5.41, 5.74) is -0.146. The van der Waals surface area contributed by atoms with Crippen LogP contribution in [0.1, 0.15) is 51.9 Å². The van der Waals surface area contributed by atoms with Gasteiger partial charge < -0.3 is 20.6 Å². The largest absolute Gasteiger partial charge is 0.396 e. The van der Waals surface area contributed by atoms with E-state index in [2.05, 4.69) is 22.5 Å². The van der Waals surface area contributed by atoms with Gasteiger partial charge in [0.15, 0.2) is 0 Å². The van der Waals surface area contributed by atoms with Crippen molar-refractivity contribution < 1.29 is 9.90 Å². The van der Waals surface area contributed by atoms with Crippen molar-refractivity contribution in [1.29, 1.82) is 0 Å². The Bertz CT molecular complexity index is 378. The maximum absolute atomic E-state index is 12.2. The Morgan fingerprint density at radius 2 is 1.90 bits per heavy atom. The lowest BCUT2D eigenvalue weighted by Crippen LogP contribution is -2.53. The molecule has 1 aliphatic heterocycles. The molecule has 2 aliphatic carbocycles. The van der Waals surface area contributed by atoms with Crippen LogP contribution >= 0.6 is 0 Å². The normalized spacial score (nSPS) is 34.9. The number of rotatable bonds is 4. The number of aliphatic hydroxyl groups is 1. The van der Waals surface area contributed by atoms with E-state index < -0.39 is 0 Å². The highest BCUT2D eigenvalue weighted by Crippen LogP contribution is 2.37. The summed E-state index contributed by atoms with van der Waals surface area (Å²) in [4.78, 5) is 14.7. The molecule has 0 radical (unpaired) electrons. The molecular weight excluding hydrogens is 266 g/mol. The molecule has 0 aromatic rings. The summed E-state index contributed by atoms with van der Waals surface area (Å²) < 4.78 is 0. The van der Waals surface area contributed by atoms with Crippen LogP contribution in [0.4, 0.5) is 4.79 Å². The molecule has 0 aromatic carbocycles. The van der Waals surface area contributed by atoms with Gasteiger partial charge >= 0.3 is 6.03 Å². The number of nitrogens with one attached hydrogen (secondary N) is 2. The van der Waals surface area contributed by atoms with Crippen molar-refractivity contribution in [3.05, 3.63) is 0 Å². The molecule has 3 aliphatic rings. The molecular formula is C16H29N3O2. The maximum atomic E-state index is 12.2. The second-order valence-electron chi connectivity index (χ2n) is 7.42.